The van der Waals surface area contributed by atoms with E-state index in [1.54, 1.807) is 78.5 Å². The van der Waals surface area contributed by atoms with Gasteiger partial charge in [0.1, 0.15) is 5.92 Å². The zero-order chi connectivity index (χ0) is 22.5. The Morgan fingerprint density at radius 1 is 1.00 bits per heavy atom. The number of nitrogens with zero attached hydrogens (tertiary/aromatic N) is 2. The van der Waals surface area contributed by atoms with E-state index >= 15 is 0 Å². The Labute approximate surface area is 189 Å². The average molecular weight is 445 g/mol. The molecule has 0 saturated carbocycles. The first-order valence-corrected chi connectivity index (χ1v) is 10.9. The van der Waals surface area contributed by atoms with E-state index in [1.165, 1.54) is 16.7 Å². The number of anilines is 1. The van der Waals surface area contributed by atoms with E-state index in [1.807, 2.05) is 6.07 Å². The highest BCUT2D eigenvalue weighted by atomic mass is 32.2. The van der Waals surface area contributed by atoms with Gasteiger partial charge in [0.2, 0.25) is 5.91 Å². The van der Waals surface area contributed by atoms with Crippen LogP contribution in [0.5, 0.6) is 0 Å². The molecule has 1 aliphatic heterocycles. The van der Waals surface area contributed by atoms with Crippen LogP contribution >= 0.6 is 11.8 Å². The summed E-state index contributed by atoms with van der Waals surface area (Å²) in [5.41, 5.74) is 8.13. The second-order valence-electron chi connectivity index (χ2n) is 7.09. The molecule has 0 bridgehead atoms. The van der Waals surface area contributed by atoms with E-state index in [2.05, 4.69) is 10.3 Å². The van der Waals surface area contributed by atoms with Crippen LogP contribution < -0.4 is 11.1 Å². The molecular formula is C24H20N4O3S. The van der Waals surface area contributed by atoms with Crippen molar-refractivity contribution in [2.45, 2.75) is 5.92 Å². The number of carbonyl (C=O) groups excluding carboxylic acids is 3. The van der Waals surface area contributed by atoms with Gasteiger partial charge in [-0.1, -0.05) is 48.5 Å². The largest absolute Gasteiger partial charge is 0.351 e. The maximum atomic E-state index is 13.4. The minimum absolute atomic E-state index is 0.139. The number of hydrogen-bond acceptors (Lipinski definition) is 5. The quantitative estimate of drug-likeness (QED) is 0.560. The normalized spacial score (nSPS) is 13.9. The molecule has 0 spiro atoms. The van der Waals surface area contributed by atoms with Gasteiger partial charge in [-0.3, -0.25) is 19.5 Å². The summed E-state index contributed by atoms with van der Waals surface area (Å²) in [6, 6.07) is 18.6. The molecule has 1 atom stereocenters. The molecule has 3 aromatic rings. The Morgan fingerprint density at radius 2 is 1.78 bits per heavy atom. The Bertz CT molecular complexity index is 1180. The van der Waals surface area contributed by atoms with E-state index in [-0.39, 0.29) is 11.7 Å². The molecule has 0 fully saturated rings. The number of pyridine rings is 1. The van der Waals surface area contributed by atoms with Crippen LogP contribution in [0.2, 0.25) is 0 Å². The lowest BCUT2D eigenvalue weighted by atomic mass is 9.95. The Kier molecular flexibility index (Phi) is 6.32. The smallest absolute Gasteiger partial charge is 0.319 e. The van der Waals surface area contributed by atoms with E-state index < -0.39 is 11.9 Å². The van der Waals surface area contributed by atoms with Crippen molar-refractivity contribution in [1.82, 2.24) is 9.88 Å². The zero-order valence-corrected chi connectivity index (χ0v) is 17.8. The maximum Gasteiger partial charge on any atom is 0.319 e. The third kappa shape index (κ3) is 4.55. The van der Waals surface area contributed by atoms with Crippen LogP contribution in [0, 0.1) is 0 Å². The van der Waals surface area contributed by atoms with Gasteiger partial charge >= 0.3 is 6.03 Å². The van der Waals surface area contributed by atoms with Crippen LogP contribution in [0.3, 0.4) is 0 Å². The molecule has 4 rings (SSSR count). The highest BCUT2D eigenvalue weighted by Crippen LogP contribution is 2.35. The number of hydrogen-bond donors (Lipinski definition) is 2. The summed E-state index contributed by atoms with van der Waals surface area (Å²) in [6.45, 7) is 0. The Hall–Kier alpha value is -3.91. The molecule has 2 aromatic carbocycles. The first kappa shape index (κ1) is 21.3. The van der Waals surface area contributed by atoms with E-state index in [4.69, 9.17) is 5.73 Å². The third-order valence-corrected chi connectivity index (χ3v) is 5.80. The summed E-state index contributed by atoms with van der Waals surface area (Å²) in [5, 5.41) is 4.64. The molecule has 0 saturated heterocycles. The molecule has 2 heterocycles. The summed E-state index contributed by atoms with van der Waals surface area (Å²) in [6.07, 6.45) is 3.20. The number of primary amides is 1. The van der Waals surface area contributed by atoms with Crippen LogP contribution in [0.25, 0.3) is 0 Å². The molecule has 1 aromatic heterocycles. The number of nitrogens with one attached hydrogen (secondary N) is 1. The predicted molar refractivity (Wildman–Crippen MR) is 124 cm³/mol. The SMILES string of the molecule is NC(=O)N1CSC=C1C(C(=O)Nc1cccc(C(=O)c2ccccc2)c1)c1cccnc1. The molecule has 0 aliphatic carbocycles. The van der Waals surface area contributed by atoms with Gasteiger partial charge in [0.25, 0.3) is 0 Å². The number of rotatable bonds is 6. The van der Waals surface area contributed by atoms with Crippen molar-refractivity contribution in [3.8, 4) is 0 Å². The second kappa shape index (κ2) is 9.49. The molecule has 1 unspecified atom stereocenters. The van der Waals surface area contributed by atoms with Crippen molar-refractivity contribution in [2.75, 3.05) is 11.2 Å². The highest BCUT2D eigenvalue weighted by molar-refractivity contribution is 8.02. The molecule has 160 valence electrons. The summed E-state index contributed by atoms with van der Waals surface area (Å²) < 4.78 is 0. The van der Waals surface area contributed by atoms with Crippen LogP contribution in [0.4, 0.5) is 10.5 Å². The van der Waals surface area contributed by atoms with Crippen molar-refractivity contribution >= 4 is 35.2 Å². The molecule has 8 heteroatoms. The first-order chi connectivity index (χ1) is 15.5. The van der Waals surface area contributed by atoms with Gasteiger partial charge in [0.05, 0.1) is 5.88 Å². The number of thioether (sulfide) groups is 1. The fourth-order valence-electron chi connectivity index (χ4n) is 3.46. The number of carbonyl (C=O) groups is 3. The number of aromatic nitrogens is 1. The van der Waals surface area contributed by atoms with Crippen LogP contribution in [-0.2, 0) is 4.79 Å². The summed E-state index contributed by atoms with van der Waals surface area (Å²) in [7, 11) is 0. The van der Waals surface area contributed by atoms with Crippen molar-refractivity contribution in [3.05, 3.63) is 107 Å². The minimum atomic E-state index is -0.792. The van der Waals surface area contributed by atoms with Gasteiger partial charge in [-0.15, -0.1) is 11.8 Å². The summed E-state index contributed by atoms with van der Waals surface area (Å²) >= 11 is 1.39. The van der Waals surface area contributed by atoms with Gasteiger partial charge in [0.15, 0.2) is 5.78 Å². The number of amides is 3. The number of urea groups is 1. The van der Waals surface area contributed by atoms with Gasteiger partial charge in [-0.25, -0.2) is 4.79 Å². The topological polar surface area (TPSA) is 105 Å². The van der Waals surface area contributed by atoms with Crippen molar-refractivity contribution in [1.29, 1.82) is 0 Å². The monoisotopic (exact) mass is 444 g/mol. The molecule has 3 amide bonds. The fraction of sp³-hybridized carbons (Fsp3) is 0.0833. The molecule has 1 aliphatic rings. The van der Waals surface area contributed by atoms with Crippen LogP contribution in [-0.4, -0.2) is 33.5 Å². The number of ketones is 1. The van der Waals surface area contributed by atoms with Crippen molar-refractivity contribution in [2.24, 2.45) is 5.73 Å². The molecule has 32 heavy (non-hydrogen) atoms. The van der Waals surface area contributed by atoms with Crippen molar-refractivity contribution < 1.29 is 14.4 Å². The average Bonchev–Trinajstić information content (AvgIpc) is 3.30. The third-order valence-electron chi connectivity index (χ3n) is 4.99. The second-order valence-corrected chi connectivity index (χ2v) is 7.92. The minimum Gasteiger partial charge on any atom is -0.351 e. The van der Waals surface area contributed by atoms with Crippen LogP contribution in [0.15, 0.2) is 90.2 Å². The molecular weight excluding hydrogens is 424 g/mol. The summed E-state index contributed by atoms with van der Waals surface area (Å²) in [4.78, 5) is 43.5. The standard InChI is InChI=1S/C24H20N4O3S/c25-24(31)28-15-32-14-20(28)21(18-9-5-11-26-13-18)23(30)27-19-10-4-8-17(12-19)22(29)16-6-2-1-3-7-16/h1-14,21H,15H2,(H2,25,31)(H,27,30). The lowest BCUT2D eigenvalue weighted by Gasteiger charge is -2.24. The van der Waals surface area contributed by atoms with E-state index in [0.717, 1.165) is 0 Å². The zero-order valence-electron chi connectivity index (χ0n) is 17.0. The number of benzene rings is 2. The van der Waals surface area contributed by atoms with Gasteiger partial charge < -0.3 is 11.1 Å². The van der Waals surface area contributed by atoms with Gasteiger partial charge in [-0.05, 0) is 29.2 Å². The number of nitrogens with two attached hydrogens (primary N) is 1. The Morgan fingerprint density at radius 3 is 2.50 bits per heavy atom. The Balaban J connectivity index is 1.62. The molecule has 3 N–H and O–H groups in total. The summed E-state index contributed by atoms with van der Waals surface area (Å²) in [5.74, 6) is -0.947. The van der Waals surface area contributed by atoms with Crippen molar-refractivity contribution in [3.63, 3.8) is 0 Å². The maximum absolute atomic E-state index is 13.4. The van der Waals surface area contributed by atoms with Gasteiger partial charge in [-0.2, -0.15) is 0 Å². The van der Waals surface area contributed by atoms with Crippen LogP contribution in [0.1, 0.15) is 27.4 Å². The predicted octanol–water partition coefficient (Wildman–Crippen LogP) is 3.96. The first-order valence-electron chi connectivity index (χ1n) is 9.84. The molecule has 0 radical (unpaired) electrons. The highest BCUT2D eigenvalue weighted by Gasteiger charge is 2.33. The lowest BCUT2D eigenvalue weighted by Crippen LogP contribution is -2.37. The van der Waals surface area contributed by atoms with E-state index in [9.17, 15) is 14.4 Å². The molecule has 7 nitrogen and oxygen atoms in total. The fourth-order valence-corrected chi connectivity index (χ4v) is 4.40. The van der Waals surface area contributed by atoms with Gasteiger partial charge in [0, 0.05) is 34.9 Å². The lowest BCUT2D eigenvalue weighted by molar-refractivity contribution is -0.117. The van der Waals surface area contributed by atoms with E-state index in [0.29, 0.717) is 34.0 Å².